The molecule has 18 heavy (non-hydrogen) atoms. The second kappa shape index (κ2) is 5.93. The van der Waals surface area contributed by atoms with Gasteiger partial charge < -0.3 is 10.5 Å². The minimum absolute atomic E-state index is 0.172. The second-order valence-electron chi connectivity index (χ2n) is 4.05. The van der Waals surface area contributed by atoms with Crippen molar-refractivity contribution in [1.82, 2.24) is 0 Å². The molecular formula is C12H15BrF3NO. The number of ether oxygens (including phenoxy) is 1. The molecule has 0 heterocycles. The van der Waals surface area contributed by atoms with Crippen molar-refractivity contribution in [2.24, 2.45) is 5.73 Å². The summed E-state index contributed by atoms with van der Waals surface area (Å²) in [4.78, 5) is 0. The van der Waals surface area contributed by atoms with Gasteiger partial charge in [-0.3, -0.25) is 0 Å². The summed E-state index contributed by atoms with van der Waals surface area (Å²) < 4.78 is 44.4. The fourth-order valence-electron chi connectivity index (χ4n) is 1.78. The van der Waals surface area contributed by atoms with E-state index in [0.717, 1.165) is 6.07 Å². The van der Waals surface area contributed by atoms with Crippen LogP contribution in [0.3, 0.4) is 0 Å². The van der Waals surface area contributed by atoms with E-state index in [0.29, 0.717) is 17.4 Å². The number of hydrogen-bond acceptors (Lipinski definition) is 2. The maximum Gasteiger partial charge on any atom is 0.416 e. The predicted molar refractivity (Wildman–Crippen MR) is 67.8 cm³/mol. The van der Waals surface area contributed by atoms with Gasteiger partial charge in [0.1, 0.15) is 5.75 Å². The van der Waals surface area contributed by atoms with Crippen molar-refractivity contribution in [3.05, 3.63) is 27.7 Å². The largest absolute Gasteiger partial charge is 0.496 e. The van der Waals surface area contributed by atoms with Crippen LogP contribution >= 0.6 is 15.9 Å². The van der Waals surface area contributed by atoms with E-state index in [2.05, 4.69) is 15.9 Å². The summed E-state index contributed by atoms with van der Waals surface area (Å²) in [5.41, 5.74) is 4.98. The average molecular weight is 326 g/mol. The van der Waals surface area contributed by atoms with Gasteiger partial charge in [-0.15, -0.1) is 0 Å². The number of halogens is 4. The lowest BCUT2D eigenvalue weighted by molar-refractivity contribution is -0.138. The number of alkyl halides is 3. The van der Waals surface area contributed by atoms with Crippen molar-refractivity contribution < 1.29 is 17.9 Å². The van der Waals surface area contributed by atoms with Gasteiger partial charge in [0, 0.05) is 0 Å². The number of rotatable bonds is 4. The van der Waals surface area contributed by atoms with Crippen molar-refractivity contribution in [3.63, 3.8) is 0 Å². The molecule has 0 aliphatic heterocycles. The highest BCUT2D eigenvalue weighted by Gasteiger charge is 2.35. The lowest BCUT2D eigenvalue weighted by atomic mass is 9.92. The van der Waals surface area contributed by atoms with Gasteiger partial charge in [-0.1, -0.05) is 6.92 Å². The van der Waals surface area contributed by atoms with Gasteiger partial charge in [-0.2, -0.15) is 13.2 Å². The zero-order valence-electron chi connectivity index (χ0n) is 10.1. The summed E-state index contributed by atoms with van der Waals surface area (Å²) in [6.07, 6.45) is -3.89. The summed E-state index contributed by atoms with van der Waals surface area (Å²) in [5, 5.41) is 0. The third-order valence-corrected chi connectivity index (χ3v) is 3.38. The third-order valence-electron chi connectivity index (χ3n) is 2.76. The second-order valence-corrected chi connectivity index (χ2v) is 4.90. The molecule has 1 atom stereocenters. The Morgan fingerprint density at radius 3 is 2.44 bits per heavy atom. The highest BCUT2D eigenvalue weighted by molar-refractivity contribution is 9.10. The van der Waals surface area contributed by atoms with E-state index in [1.54, 1.807) is 6.92 Å². The maximum absolute atomic E-state index is 13.0. The molecule has 0 saturated heterocycles. The zero-order chi connectivity index (χ0) is 13.9. The Hall–Kier alpha value is -0.750. The smallest absolute Gasteiger partial charge is 0.416 e. The summed E-state index contributed by atoms with van der Waals surface area (Å²) in [6.45, 7) is 2.08. The van der Waals surface area contributed by atoms with Crippen molar-refractivity contribution in [2.45, 2.75) is 25.4 Å². The molecular weight excluding hydrogens is 311 g/mol. The Morgan fingerprint density at radius 1 is 1.39 bits per heavy atom. The van der Waals surface area contributed by atoms with Gasteiger partial charge in [0.2, 0.25) is 0 Å². The Balaban J connectivity index is 3.34. The summed E-state index contributed by atoms with van der Waals surface area (Å²) in [6, 6.07) is 2.48. The molecule has 2 nitrogen and oxygen atoms in total. The monoisotopic (exact) mass is 325 g/mol. The molecule has 0 aliphatic rings. The van der Waals surface area contributed by atoms with Crippen LogP contribution in [0.15, 0.2) is 16.6 Å². The topological polar surface area (TPSA) is 35.2 Å². The van der Waals surface area contributed by atoms with Gasteiger partial charge in [0.05, 0.1) is 17.1 Å². The maximum atomic E-state index is 13.0. The molecule has 0 bridgehead atoms. The number of benzene rings is 1. The van der Waals surface area contributed by atoms with Gasteiger partial charge in [0.25, 0.3) is 0 Å². The van der Waals surface area contributed by atoms with Crippen LogP contribution in [0.4, 0.5) is 13.2 Å². The molecule has 0 radical (unpaired) electrons. The standard InChI is InChI=1S/C12H15BrF3NO/c1-7(3-4-17)8-5-10(13)11(18-2)6-9(8)12(14,15)16/h5-7H,3-4,17H2,1-2H3. The molecule has 0 aromatic heterocycles. The van der Waals surface area contributed by atoms with Crippen LogP contribution in [0.25, 0.3) is 0 Å². The quantitative estimate of drug-likeness (QED) is 0.910. The number of nitrogens with two attached hydrogens (primary N) is 1. The van der Waals surface area contributed by atoms with E-state index in [1.165, 1.54) is 13.2 Å². The van der Waals surface area contributed by atoms with Crippen molar-refractivity contribution >= 4 is 15.9 Å². The van der Waals surface area contributed by atoms with Crippen LogP contribution in [-0.2, 0) is 6.18 Å². The number of hydrogen-bond donors (Lipinski definition) is 1. The minimum atomic E-state index is -4.40. The summed E-state index contributed by atoms with van der Waals surface area (Å²) >= 11 is 3.20. The van der Waals surface area contributed by atoms with Gasteiger partial charge in [0.15, 0.2) is 0 Å². The average Bonchev–Trinajstić information content (AvgIpc) is 2.27. The van der Waals surface area contributed by atoms with Gasteiger partial charge in [-0.25, -0.2) is 0 Å². The van der Waals surface area contributed by atoms with Crippen LogP contribution in [0.5, 0.6) is 5.75 Å². The molecule has 1 aromatic carbocycles. The molecule has 0 aliphatic carbocycles. The molecule has 0 amide bonds. The minimum Gasteiger partial charge on any atom is -0.496 e. The van der Waals surface area contributed by atoms with Crippen LogP contribution in [0.1, 0.15) is 30.4 Å². The Morgan fingerprint density at radius 2 is 2.00 bits per heavy atom. The normalized spacial score (nSPS) is 13.5. The Kier molecular flexibility index (Phi) is 5.04. The lowest BCUT2D eigenvalue weighted by Gasteiger charge is -2.19. The fourth-order valence-corrected chi connectivity index (χ4v) is 2.31. The first-order chi connectivity index (χ1) is 8.31. The van der Waals surface area contributed by atoms with E-state index < -0.39 is 11.7 Å². The highest BCUT2D eigenvalue weighted by Crippen LogP contribution is 2.41. The summed E-state index contributed by atoms with van der Waals surface area (Å²) in [7, 11) is 1.34. The van der Waals surface area contributed by atoms with Crippen LogP contribution in [0, 0.1) is 0 Å². The van der Waals surface area contributed by atoms with Crippen LogP contribution in [-0.4, -0.2) is 13.7 Å². The molecule has 1 aromatic rings. The molecule has 2 N–H and O–H groups in total. The Labute approximate surface area is 112 Å². The van der Waals surface area contributed by atoms with Gasteiger partial charge >= 0.3 is 6.18 Å². The number of methoxy groups -OCH3 is 1. The molecule has 6 heteroatoms. The highest BCUT2D eigenvalue weighted by atomic mass is 79.9. The van der Waals surface area contributed by atoms with E-state index >= 15 is 0 Å². The molecule has 0 spiro atoms. The van der Waals surface area contributed by atoms with Crippen molar-refractivity contribution in [3.8, 4) is 5.75 Å². The molecule has 0 saturated carbocycles. The van der Waals surface area contributed by atoms with Gasteiger partial charge in [-0.05, 0) is 52.5 Å². The first kappa shape index (κ1) is 15.3. The Bertz CT molecular complexity index is 421. The van der Waals surface area contributed by atoms with E-state index in [-0.39, 0.29) is 17.2 Å². The predicted octanol–water partition coefficient (Wildman–Crippen LogP) is 3.93. The van der Waals surface area contributed by atoms with E-state index in [1.807, 2.05) is 0 Å². The first-order valence-electron chi connectivity index (χ1n) is 5.46. The lowest BCUT2D eigenvalue weighted by Crippen LogP contribution is -2.13. The first-order valence-corrected chi connectivity index (χ1v) is 6.25. The van der Waals surface area contributed by atoms with E-state index in [9.17, 15) is 13.2 Å². The van der Waals surface area contributed by atoms with Crippen LogP contribution in [0.2, 0.25) is 0 Å². The molecule has 1 rings (SSSR count). The fraction of sp³-hybridized carbons (Fsp3) is 0.500. The van der Waals surface area contributed by atoms with Crippen molar-refractivity contribution in [1.29, 1.82) is 0 Å². The van der Waals surface area contributed by atoms with Crippen molar-refractivity contribution in [2.75, 3.05) is 13.7 Å². The van der Waals surface area contributed by atoms with E-state index in [4.69, 9.17) is 10.5 Å². The summed E-state index contributed by atoms with van der Waals surface area (Å²) in [5.74, 6) is -0.0835. The molecule has 1 unspecified atom stereocenters. The molecule has 0 fully saturated rings. The third kappa shape index (κ3) is 3.38. The molecule has 102 valence electrons. The zero-order valence-corrected chi connectivity index (χ0v) is 11.7. The SMILES string of the molecule is COc1cc(C(F)(F)F)c(C(C)CCN)cc1Br. The van der Waals surface area contributed by atoms with Crippen LogP contribution < -0.4 is 10.5 Å².